The summed E-state index contributed by atoms with van der Waals surface area (Å²) in [4.78, 5) is 4.97. The maximum absolute atomic E-state index is 3.84. The summed E-state index contributed by atoms with van der Waals surface area (Å²) in [7, 11) is 0. The Bertz CT molecular complexity index is 186. The van der Waals surface area contributed by atoms with Crippen molar-refractivity contribution >= 4 is 0 Å². The maximum atomic E-state index is 3.84. The van der Waals surface area contributed by atoms with Crippen molar-refractivity contribution in [3.63, 3.8) is 0 Å². The van der Waals surface area contributed by atoms with Crippen molar-refractivity contribution in [2.24, 2.45) is 11.8 Å². The van der Waals surface area contributed by atoms with Crippen LogP contribution in [0, 0.1) is 11.8 Å². The van der Waals surface area contributed by atoms with Crippen LogP contribution in [0.15, 0.2) is 12.8 Å². The zero-order chi connectivity index (χ0) is 9.42. The molecular formula is C11H20N2. The van der Waals surface area contributed by atoms with Gasteiger partial charge in [0, 0.05) is 32.2 Å². The molecule has 2 saturated heterocycles. The molecule has 2 heterocycles. The van der Waals surface area contributed by atoms with Gasteiger partial charge in [-0.05, 0) is 31.9 Å². The molecule has 0 spiro atoms. The summed E-state index contributed by atoms with van der Waals surface area (Å²) in [5.41, 5.74) is 0. The van der Waals surface area contributed by atoms with Crippen molar-refractivity contribution in [2.45, 2.75) is 19.9 Å². The summed E-state index contributed by atoms with van der Waals surface area (Å²) < 4.78 is 0. The Morgan fingerprint density at radius 2 is 1.69 bits per heavy atom. The normalized spacial score (nSPS) is 34.2. The Kier molecular flexibility index (Phi) is 2.33. The van der Waals surface area contributed by atoms with E-state index in [1.807, 2.05) is 6.20 Å². The van der Waals surface area contributed by atoms with E-state index in [2.05, 4.69) is 30.2 Å². The summed E-state index contributed by atoms with van der Waals surface area (Å²) >= 11 is 0. The van der Waals surface area contributed by atoms with Crippen molar-refractivity contribution in [2.75, 3.05) is 26.2 Å². The molecule has 2 atom stereocenters. The van der Waals surface area contributed by atoms with Crippen LogP contribution in [0.4, 0.5) is 0 Å². The molecule has 2 nitrogen and oxygen atoms in total. The molecular weight excluding hydrogens is 160 g/mol. The third-order valence-corrected chi connectivity index (χ3v) is 3.53. The minimum atomic E-state index is 0.725. The summed E-state index contributed by atoms with van der Waals surface area (Å²) in [6.45, 7) is 13.5. The number of fused-ring (bicyclic) bond motifs is 1. The highest BCUT2D eigenvalue weighted by Gasteiger charge is 2.39. The van der Waals surface area contributed by atoms with E-state index in [1.165, 1.54) is 26.2 Å². The van der Waals surface area contributed by atoms with Crippen molar-refractivity contribution in [3.8, 4) is 0 Å². The quantitative estimate of drug-likeness (QED) is 0.634. The Hall–Kier alpha value is -0.500. The van der Waals surface area contributed by atoms with E-state index in [-0.39, 0.29) is 0 Å². The van der Waals surface area contributed by atoms with Crippen LogP contribution >= 0.6 is 0 Å². The molecule has 2 rings (SSSR count). The van der Waals surface area contributed by atoms with Crippen molar-refractivity contribution in [1.29, 1.82) is 0 Å². The average molecular weight is 180 g/mol. The number of nitrogens with zero attached hydrogens (tertiary/aromatic N) is 2. The first kappa shape index (κ1) is 9.07. The largest absolute Gasteiger partial charge is 0.377 e. The van der Waals surface area contributed by atoms with Crippen LogP contribution in [0.5, 0.6) is 0 Å². The highest BCUT2D eigenvalue weighted by Crippen LogP contribution is 2.31. The van der Waals surface area contributed by atoms with Gasteiger partial charge >= 0.3 is 0 Å². The Balaban J connectivity index is 1.93. The van der Waals surface area contributed by atoms with Gasteiger partial charge in [-0.25, -0.2) is 0 Å². The van der Waals surface area contributed by atoms with Crippen LogP contribution in [0.3, 0.4) is 0 Å². The van der Waals surface area contributed by atoms with Crippen molar-refractivity contribution < 1.29 is 0 Å². The molecule has 2 heteroatoms. The van der Waals surface area contributed by atoms with Gasteiger partial charge in [0.1, 0.15) is 0 Å². The van der Waals surface area contributed by atoms with Crippen molar-refractivity contribution in [3.05, 3.63) is 12.8 Å². The monoisotopic (exact) mass is 180 g/mol. The molecule has 74 valence electrons. The molecule has 0 aromatic carbocycles. The fraction of sp³-hybridized carbons (Fsp3) is 0.818. The summed E-state index contributed by atoms with van der Waals surface area (Å²) in [5.74, 6) is 1.81. The van der Waals surface area contributed by atoms with E-state index in [0.29, 0.717) is 0 Å². The minimum absolute atomic E-state index is 0.725. The van der Waals surface area contributed by atoms with Gasteiger partial charge in [0.15, 0.2) is 0 Å². The number of likely N-dealkylation sites (tertiary alicyclic amines) is 2. The van der Waals surface area contributed by atoms with Gasteiger partial charge < -0.3 is 9.80 Å². The Morgan fingerprint density at radius 3 is 2.08 bits per heavy atom. The SMILES string of the molecule is C=CN1CC2CN(C(C)C)CC2C1. The van der Waals surface area contributed by atoms with Crippen LogP contribution in [0.25, 0.3) is 0 Å². The molecule has 2 fully saturated rings. The molecule has 2 aliphatic rings. The molecule has 0 saturated carbocycles. The summed E-state index contributed by atoms with van der Waals surface area (Å²) in [6.07, 6.45) is 2.00. The smallest absolute Gasteiger partial charge is 0.0216 e. The molecule has 0 N–H and O–H groups in total. The first-order valence-corrected chi connectivity index (χ1v) is 5.31. The second-order valence-corrected chi connectivity index (χ2v) is 4.70. The van der Waals surface area contributed by atoms with Crippen LogP contribution in [0.2, 0.25) is 0 Å². The van der Waals surface area contributed by atoms with Gasteiger partial charge in [0.05, 0.1) is 0 Å². The van der Waals surface area contributed by atoms with E-state index in [1.54, 1.807) is 0 Å². The fourth-order valence-corrected chi connectivity index (χ4v) is 2.64. The highest BCUT2D eigenvalue weighted by molar-refractivity contribution is 4.96. The molecule has 0 radical (unpaired) electrons. The second kappa shape index (κ2) is 3.33. The number of hydrogen-bond acceptors (Lipinski definition) is 2. The van der Waals surface area contributed by atoms with E-state index in [0.717, 1.165) is 17.9 Å². The lowest BCUT2D eigenvalue weighted by Crippen LogP contribution is -2.31. The standard InChI is InChI=1S/C11H20N2/c1-4-12-5-10-7-13(9(2)3)8-11(10)6-12/h4,9-11H,1,5-8H2,2-3H3. The summed E-state index contributed by atoms with van der Waals surface area (Å²) in [5, 5.41) is 0. The van der Waals surface area contributed by atoms with E-state index in [9.17, 15) is 0 Å². The zero-order valence-electron chi connectivity index (χ0n) is 8.74. The van der Waals surface area contributed by atoms with Gasteiger partial charge in [0.2, 0.25) is 0 Å². The average Bonchev–Trinajstić information content (AvgIpc) is 2.58. The molecule has 2 aliphatic heterocycles. The van der Waals surface area contributed by atoms with Crippen LogP contribution in [-0.2, 0) is 0 Å². The highest BCUT2D eigenvalue weighted by atomic mass is 15.2. The third kappa shape index (κ3) is 1.60. The van der Waals surface area contributed by atoms with Gasteiger partial charge in [-0.1, -0.05) is 6.58 Å². The molecule has 0 aromatic heterocycles. The van der Waals surface area contributed by atoms with E-state index < -0.39 is 0 Å². The van der Waals surface area contributed by atoms with Crippen molar-refractivity contribution in [1.82, 2.24) is 9.80 Å². The van der Waals surface area contributed by atoms with Gasteiger partial charge in [-0.3, -0.25) is 0 Å². The number of hydrogen-bond donors (Lipinski definition) is 0. The zero-order valence-corrected chi connectivity index (χ0v) is 8.74. The molecule has 0 amide bonds. The first-order chi connectivity index (χ1) is 6.20. The third-order valence-electron chi connectivity index (χ3n) is 3.53. The lowest BCUT2D eigenvalue weighted by Gasteiger charge is -2.23. The second-order valence-electron chi connectivity index (χ2n) is 4.70. The molecule has 0 aromatic rings. The predicted octanol–water partition coefficient (Wildman–Crippen LogP) is 1.40. The molecule has 2 unspecified atom stereocenters. The molecule has 0 aliphatic carbocycles. The summed E-state index contributed by atoms with van der Waals surface area (Å²) in [6, 6.07) is 0.725. The van der Waals surface area contributed by atoms with Crippen LogP contribution < -0.4 is 0 Å². The Labute approximate surface area is 81.2 Å². The first-order valence-electron chi connectivity index (χ1n) is 5.31. The lowest BCUT2D eigenvalue weighted by molar-refractivity contribution is 0.241. The van der Waals surface area contributed by atoms with Gasteiger partial charge in [-0.2, -0.15) is 0 Å². The predicted molar refractivity (Wildman–Crippen MR) is 55.5 cm³/mol. The van der Waals surface area contributed by atoms with E-state index in [4.69, 9.17) is 0 Å². The van der Waals surface area contributed by atoms with Gasteiger partial charge in [0.25, 0.3) is 0 Å². The minimum Gasteiger partial charge on any atom is -0.377 e. The molecule has 0 bridgehead atoms. The van der Waals surface area contributed by atoms with E-state index >= 15 is 0 Å². The maximum Gasteiger partial charge on any atom is 0.0216 e. The van der Waals surface area contributed by atoms with Crippen LogP contribution in [0.1, 0.15) is 13.8 Å². The topological polar surface area (TPSA) is 6.48 Å². The lowest BCUT2D eigenvalue weighted by atomic mass is 10.0. The Morgan fingerprint density at radius 1 is 1.15 bits per heavy atom. The van der Waals surface area contributed by atoms with Gasteiger partial charge in [-0.15, -0.1) is 0 Å². The number of rotatable bonds is 2. The van der Waals surface area contributed by atoms with Crippen LogP contribution in [-0.4, -0.2) is 42.0 Å². The fourth-order valence-electron chi connectivity index (χ4n) is 2.64. The molecule has 13 heavy (non-hydrogen) atoms.